The first-order chi connectivity index (χ1) is 4.38. The van der Waals surface area contributed by atoms with E-state index in [1.54, 1.807) is 0 Å². The van der Waals surface area contributed by atoms with E-state index in [4.69, 9.17) is 0 Å². The van der Waals surface area contributed by atoms with E-state index in [0.717, 1.165) is 11.2 Å². The second-order valence-electron chi connectivity index (χ2n) is 2.48. The number of hydrogen-bond acceptors (Lipinski definition) is 1. The van der Waals surface area contributed by atoms with Crippen LogP contribution in [0.25, 0.3) is 0 Å². The monoisotopic (exact) mass is 142 g/mol. The Morgan fingerprint density at radius 1 is 1.33 bits per heavy atom. The Labute approximate surface area is 61.7 Å². The number of hydrogen-bond donors (Lipinski definition) is 0. The largest absolute Gasteiger partial charge is 0.130 e. The molecule has 0 nitrogen and oxygen atoms in total. The smallest absolute Gasteiger partial charge is 0.0149 e. The third-order valence-corrected chi connectivity index (χ3v) is 3.28. The third kappa shape index (κ3) is 1.51. The fraction of sp³-hybridized carbons (Fsp3) is 0.750. The Morgan fingerprint density at radius 2 is 2.11 bits per heavy atom. The molecule has 0 spiro atoms. The van der Waals surface area contributed by atoms with Crippen LogP contribution in [0.4, 0.5) is 0 Å². The molecule has 1 heterocycles. The van der Waals surface area contributed by atoms with Gasteiger partial charge in [-0.1, -0.05) is 19.9 Å². The minimum absolute atomic E-state index is 0.861. The topological polar surface area (TPSA) is 0 Å². The lowest BCUT2D eigenvalue weighted by Gasteiger charge is -2.13. The van der Waals surface area contributed by atoms with Gasteiger partial charge < -0.3 is 0 Å². The van der Waals surface area contributed by atoms with Gasteiger partial charge in [0.1, 0.15) is 0 Å². The van der Waals surface area contributed by atoms with Crippen LogP contribution < -0.4 is 0 Å². The molecule has 0 saturated heterocycles. The van der Waals surface area contributed by atoms with Gasteiger partial charge >= 0.3 is 0 Å². The Kier molecular flexibility index (Phi) is 2.65. The third-order valence-electron chi connectivity index (χ3n) is 1.93. The summed E-state index contributed by atoms with van der Waals surface area (Å²) < 4.78 is 0. The van der Waals surface area contributed by atoms with E-state index in [1.165, 1.54) is 12.8 Å². The molecule has 2 unspecified atom stereocenters. The summed E-state index contributed by atoms with van der Waals surface area (Å²) in [6.07, 6.45) is 4.97. The normalized spacial score (nSPS) is 33.6. The molecule has 0 saturated carbocycles. The van der Waals surface area contributed by atoms with Crippen molar-refractivity contribution in [3.63, 3.8) is 0 Å². The minimum atomic E-state index is 0.861. The molecule has 0 N–H and O–H groups in total. The molecular formula is C8H14S. The number of rotatable bonds is 2. The Hall–Kier alpha value is 0.0900. The second-order valence-corrected chi connectivity index (χ2v) is 3.63. The van der Waals surface area contributed by atoms with Crippen LogP contribution in [0.5, 0.6) is 0 Å². The van der Waals surface area contributed by atoms with Crippen molar-refractivity contribution in [3.8, 4) is 0 Å². The van der Waals surface area contributed by atoms with E-state index >= 15 is 0 Å². The lowest BCUT2D eigenvalue weighted by atomic mass is 10.0. The van der Waals surface area contributed by atoms with Crippen molar-refractivity contribution >= 4 is 11.8 Å². The van der Waals surface area contributed by atoms with Crippen LogP contribution in [0.15, 0.2) is 11.5 Å². The first-order valence-corrected chi connectivity index (χ1v) is 4.64. The van der Waals surface area contributed by atoms with Crippen LogP contribution >= 0.6 is 11.8 Å². The highest BCUT2D eigenvalue weighted by Crippen LogP contribution is 2.33. The fourth-order valence-electron chi connectivity index (χ4n) is 1.27. The predicted octanol–water partition coefficient (Wildman–Crippen LogP) is 3.05. The molecule has 0 aromatic heterocycles. The molecule has 9 heavy (non-hydrogen) atoms. The summed E-state index contributed by atoms with van der Waals surface area (Å²) in [6, 6.07) is 0. The summed E-state index contributed by atoms with van der Waals surface area (Å²) in [5, 5.41) is 3.14. The van der Waals surface area contributed by atoms with Crippen molar-refractivity contribution in [2.45, 2.75) is 31.9 Å². The van der Waals surface area contributed by atoms with Gasteiger partial charge in [0.25, 0.3) is 0 Å². The molecule has 0 amide bonds. The SMILES string of the molecule is CCC1C=CSC1CC. The van der Waals surface area contributed by atoms with E-state index in [1.807, 2.05) is 11.8 Å². The molecule has 1 rings (SSSR count). The zero-order valence-electron chi connectivity index (χ0n) is 6.13. The maximum absolute atomic E-state index is 2.35. The van der Waals surface area contributed by atoms with Gasteiger partial charge in [0.05, 0.1) is 0 Å². The van der Waals surface area contributed by atoms with Crippen LogP contribution in [0.1, 0.15) is 26.7 Å². The molecule has 0 fully saturated rings. The molecule has 2 atom stereocenters. The zero-order valence-corrected chi connectivity index (χ0v) is 6.95. The first-order valence-electron chi connectivity index (χ1n) is 3.70. The van der Waals surface area contributed by atoms with Gasteiger partial charge in [0.2, 0.25) is 0 Å². The van der Waals surface area contributed by atoms with Crippen LogP contribution in [0.3, 0.4) is 0 Å². The highest BCUT2D eigenvalue weighted by molar-refractivity contribution is 8.03. The Balaban J connectivity index is 2.39. The summed E-state index contributed by atoms with van der Waals surface area (Å²) in [5.74, 6) is 0.861. The molecule has 1 aliphatic heterocycles. The first kappa shape index (κ1) is 7.20. The van der Waals surface area contributed by atoms with Crippen molar-refractivity contribution in [1.29, 1.82) is 0 Å². The van der Waals surface area contributed by atoms with Crippen LogP contribution in [0.2, 0.25) is 0 Å². The van der Waals surface area contributed by atoms with Gasteiger partial charge in [-0.3, -0.25) is 0 Å². The Morgan fingerprint density at radius 3 is 2.56 bits per heavy atom. The fourth-order valence-corrected chi connectivity index (χ4v) is 2.44. The van der Waals surface area contributed by atoms with Gasteiger partial charge in [-0.25, -0.2) is 0 Å². The molecule has 0 bridgehead atoms. The number of allylic oxidation sites excluding steroid dienone is 1. The van der Waals surface area contributed by atoms with Crippen LogP contribution in [0, 0.1) is 5.92 Å². The van der Waals surface area contributed by atoms with E-state index in [2.05, 4.69) is 25.3 Å². The highest BCUT2D eigenvalue weighted by atomic mass is 32.2. The molecule has 0 aromatic rings. The minimum Gasteiger partial charge on any atom is -0.130 e. The maximum Gasteiger partial charge on any atom is 0.0149 e. The summed E-state index contributed by atoms with van der Waals surface area (Å²) >= 11 is 1.99. The van der Waals surface area contributed by atoms with Crippen molar-refractivity contribution in [3.05, 3.63) is 11.5 Å². The molecule has 0 aromatic carbocycles. The van der Waals surface area contributed by atoms with Gasteiger partial charge in [-0.05, 0) is 24.2 Å². The summed E-state index contributed by atoms with van der Waals surface area (Å²) in [4.78, 5) is 0. The summed E-state index contributed by atoms with van der Waals surface area (Å²) in [7, 11) is 0. The molecular weight excluding hydrogens is 128 g/mol. The molecule has 1 aliphatic rings. The quantitative estimate of drug-likeness (QED) is 0.571. The Bertz CT molecular complexity index is 107. The zero-order chi connectivity index (χ0) is 6.69. The lowest BCUT2D eigenvalue weighted by Crippen LogP contribution is -2.08. The lowest BCUT2D eigenvalue weighted by molar-refractivity contribution is 0.589. The van der Waals surface area contributed by atoms with Crippen molar-refractivity contribution in [2.75, 3.05) is 0 Å². The van der Waals surface area contributed by atoms with E-state index in [-0.39, 0.29) is 0 Å². The molecule has 1 heteroatoms. The average Bonchev–Trinajstić information content (AvgIpc) is 2.33. The van der Waals surface area contributed by atoms with Crippen molar-refractivity contribution in [1.82, 2.24) is 0 Å². The summed E-state index contributed by atoms with van der Waals surface area (Å²) in [5.41, 5.74) is 0. The van der Waals surface area contributed by atoms with Gasteiger partial charge in [0.15, 0.2) is 0 Å². The van der Waals surface area contributed by atoms with Crippen LogP contribution in [-0.4, -0.2) is 5.25 Å². The van der Waals surface area contributed by atoms with E-state index < -0.39 is 0 Å². The van der Waals surface area contributed by atoms with Gasteiger partial charge in [0, 0.05) is 5.25 Å². The van der Waals surface area contributed by atoms with E-state index in [0.29, 0.717) is 0 Å². The van der Waals surface area contributed by atoms with Gasteiger partial charge in [-0.2, -0.15) is 0 Å². The standard InChI is InChI=1S/C8H14S/c1-3-7-5-6-9-8(7)4-2/h5-8H,3-4H2,1-2H3. The molecule has 0 aliphatic carbocycles. The average molecular weight is 142 g/mol. The summed E-state index contributed by atoms with van der Waals surface area (Å²) in [6.45, 7) is 4.54. The maximum atomic E-state index is 2.35. The number of thioether (sulfide) groups is 1. The van der Waals surface area contributed by atoms with E-state index in [9.17, 15) is 0 Å². The highest BCUT2D eigenvalue weighted by Gasteiger charge is 2.19. The second kappa shape index (κ2) is 3.31. The van der Waals surface area contributed by atoms with Crippen molar-refractivity contribution < 1.29 is 0 Å². The predicted molar refractivity (Wildman–Crippen MR) is 44.6 cm³/mol. The molecule has 52 valence electrons. The van der Waals surface area contributed by atoms with Crippen LogP contribution in [-0.2, 0) is 0 Å². The molecule has 0 radical (unpaired) electrons. The van der Waals surface area contributed by atoms with Gasteiger partial charge in [-0.15, -0.1) is 11.8 Å². The van der Waals surface area contributed by atoms with Crippen molar-refractivity contribution in [2.24, 2.45) is 5.92 Å².